The van der Waals surface area contributed by atoms with E-state index in [2.05, 4.69) is 20.5 Å². The van der Waals surface area contributed by atoms with E-state index in [1.165, 1.54) is 18.2 Å². The van der Waals surface area contributed by atoms with Crippen molar-refractivity contribution < 1.29 is 19.2 Å². The summed E-state index contributed by atoms with van der Waals surface area (Å²) in [5.74, 6) is -0.0705. The van der Waals surface area contributed by atoms with Crippen LogP contribution in [0, 0.1) is 10.1 Å². The number of carbonyl (C=O) groups excluding carboxylic acids is 2. The fourth-order valence-corrected chi connectivity index (χ4v) is 3.36. The molecule has 0 bridgehead atoms. The number of hydrogen-bond donors (Lipinski definition) is 2. The van der Waals surface area contributed by atoms with Gasteiger partial charge in [0.1, 0.15) is 5.82 Å². The SMILES string of the molecule is CC1CN(c2ccc(CNC(=O)CNC(=O)c3cccc([N+](=O)[O-])c3)cn2)CC(C)O1. The highest BCUT2D eigenvalue weighted by molar-refractivity contribution is 5.96. The maximum absolute atomic E-state index is 12.1. The zero-order valence-corrected chi connectivity index (χ0v) is 17.4. The molecule has 2 unspecified atom stereocenters. The lowest BCUT2D eigenvalue weighted by Gasteiger charge is -2.36. The maximum Gasteiger partial charge on any atom is 0.270 e. The van der Waals surface area contributed by atoms with Gasteiger partial charge >= 0.3 is 0 Å². The van der Waals surface area contributed by atoms with Crippen LogP contribution in [0.4, 0.5) is 11.5 Å². The third-order valence-electron chi connectivity index (χ3n) is 4.77. The third kappa shape index (κ3) is 6.22. The Balaban J connectivity index is 1.46. The van der Waals surface area contributed by atoms with E-state index in [0.29, 0.717) is 0 Å². The van der Waals surface area contributed by atoms with Crippen molar-refractivity contribution in [3.8, 4) is 0 Å². The molecule has 2 N–H and O–H groups in total. The molecule has 0 aliphatic carbocycles. The van der Waals surface area contributed by atoms with Crippen LogP contribution in [0.25, 0.3) is 0 Å². The predicted octanol–water partition coefficient (Wildman–Crippen LogP) is 1.65. The number of non-ortho nitro benzene ring substituents is 1. The Morgan fingerprint density at radius 3 is 2.58 bits per heavy atom. The molecule has 3 rings (SSSR count). The van der Waals surface area contributed by atoms with Gasteiger partial charge in [0.2, 0.25) is 5.91 Å². The first-order chi connectivity index (χ1) is 14.8. The van der Waals surface area contributed by atoms with Crippen molar-refractivity contribution in [2.45, 2.75) is 32.6 Å². The summed E-state index contributed by atoms with van der Waals surface area (Å²) in [7, 11) is 0. The van der Waals surface area contributed by atoms with Crippen molar-refractivity contribution in [2.24, 2.45) is 0 Å². The van der Waals surface area contributed by atoms with Gasteiger partial charge in [-0.3, -0.25) is 19.7 Å². The number of ether oxygens (including phenoxy) is 1. The summed E-state index contributed by atoms with van der Waals surface area (Å²) in [5.41, 5.74) is 0.763. The highest BCUT2D eigenvalue weighted by Crippen LogP contribution is 2.18. The van der Waals surface area contributed by atoms with Gasteiger partial charge in [0, 0.05) is 43.5 Å². The zero-order chi connectivity index (χ0) is 22.4. The summed E-state index contributed by atoms with van der Waals surface area (Å²) in [4.78, 5) is 41.0. The number of nitrogens with one attached hydrogen (secondary N) is 2. The van der Waals surface area contributed by atoms with Crippen LogP contribution in [0.2, 0.25) is 0 Å². The predicted molar refractivity (Wildman–Crippen MR) is 114 cm³/mol. The molecule has 2 heterocycles. The first-order valence-corrected chi connectivity index (χ1v) is 9.96. The smallest absolute Gasteiger partial charge is 0.270 e. The van der Waals surface area contributed by atoms with Gasteiger partial charge in [-0.05, 0) is 31.5 Å². The number of pyridine rings is 1. The molecule has 0 spiro atoms. The van der Waals surface area contributed by atoms with Gasteiger partial charge in [0.15, 0.2) is 0 Å². The number of amides is 2. The summed E-state index contributed by atoms with van der Waals surface area (Å²) in [6.07, 6.45) is 1.99. The van der Waals surface area contributed by atoms with Gasteiger partial charge in [-0.1, -0.05) is 12.1 Å². The molecule has 31 heavy (non-hydrogen) atoms. The van der Waals surface area contributed by atoms with E-state index in [0.717, 1.165) is 30.5 Å². The van der Waals surface area contributed by atoms with Gasteiger partial charge < -0.3 is 20.3 Å². The van der Waals surface area contributed by atoms with E-state index < -0.39 is 10.8 Å². The fourth-order valence-electron chi connectivity index (χ4n) is 3.36. The van der Waals surface area contributed by atoms with E-state index in [1.807, 2.05) is 26.0 Å². The molecule has 1 aromatic carbocycles. The molecular weight excluding hydrogens is 402 g/mol. The lowest BCUT2D eigenvalue weighted by Crippen LogP contribution is -2.45. The summed E-state index contributed by atoms with van der Waals surface area (Å²) in [5, 5.41) is 16.0. The van der Waals surface area contributed by atoms with Crippen LogP contribution in [-0.4, -0.2) is 53.6 Å². The number of aromatic nitrogens is 1. The maximum atomic E-state index is 12.1. The lowest BCUT2D eigenvalue weighted by molar-refractivity contribution is -0.384. The van der Waals surface area contributed by atoms with E-state index >= 15 is 0 Å². The van der Waals surface area contributed by atoms with Gasteiger partial charge in [0.05, 0.1) is 23.7 Å². The van der Waals surface area contributed by atoms with E-state index in [-0.39, 0.29) is 42.5 Å². The van der Waals surface area contributed by atoms with E-state index in [1.54, 1.807) is 6.20 Å². The Bertz CT molecular complexity index is 939. The average molecular weight is 427 g/mol. The first-order valence-electron chi connectivity index (χ1n) is 9.96. The second-order valence-electron chi connectivity index (χ2n) is 7.45. The number of carbonyl (C=O) groups is 2. The molecule has 1 saturated heterocycles. The van der Waals surface area contributed by atoms with Crippen molar-refractivity contribution in [2.75, 3.05) is 24.5 Å². The number of nitro groups is 1. The largest absolute Gasteiger partial charge is 0.372 e. The second kappa shape index (κ2) is 9.98. The normalized spacial score (nSPS) is 18.3. The van der Waals surface area contributed by atoms with E-state index in [4.69, 9.17) is 4.74 Å². The van der Waals surface area contributed by atoms with Gasteiger partial charge in [-0.2, -0.15) is 0 Å². The molecule has 2 atom stereocenters. The number of nitrogens with zero attached hydrogens (tertiary/aromatic N) is 3. The molecule has 10 heteroatoms. The van der Waals surface area contributed by atoms with Gasteiger partial charge in [-0.25, -0.2) is 4.98 Å². The van der Waals surface area contributed by atoms with Crippen molar-refractivity contribution in [3.63, 3.8) is 0 Å². The number of benzene rings is 1. The second-order valence-corrected chi connectivity index (χ2v) is 7.45. The molecule has 0 radical (unpaired) electrons. The molecule has 10 nitrogen and oxygen atoms in total. The molecule has 0 saturated carbocycles. The molecule has 1 aromatic heterocycles. The number of nitro benzene ring substituents is 1. The van der Waals surface area contributed by atoms with Crippen LogP contribution in [0.1, 0.15) is 29.8 Å². The van der Waals surface area contributed by atoms with Crippen LogP contribution in [-0.2, 0) is 16.1 Å². The Morgan fingerprint density at radius 1 is 1.19 bits per heavy atom. The number of hydrogen-bond acceptors (Lipinski definition) is 7. The minimum absolute atomic E-state index is 0.119. The summed E-state index contributed by atoms with van der Waals surface area (Å²) >= 11 is 0. The molecule has 1 aliphatic rings. The topological polar surface area (TPSA) is 127 Å². The first kappa shape index (κ1) is 22.2. The monoisotopic (exact) mass is 427 g/mol. The molecule has 2 amide bonds. The third-order valence-corrected chi connectivity index (χ3v) is 4.77. The van der Waals surface area contributed by atoms with E-state index in [9.17, 15) is 19.7 Å². The summed E-state index contributed by atoms with van der Waals surface area (Å²) < 4.78 is 5.73. The van der Waals surface area contributed by atoms with Crippen molar-refractivity contribution in [3.05, 3.63) is 63.8 Å². The Kier molecular flexibility index (Phi) is 7.14. The number of rotatable bonds is 7. The Labute approximate surface area is 179 Å². The van der Waals surface area contributed by atoms with Crippen LogP contribution in [0.3, 0.4) is 0 Å². The van der Waals surface area contributed by atoms with Crippen molar-refractivity contribution in [1.29, 1.82) is 0 Å². The highest BCUT2D eigenvalue weighted by atomic mass is 16.6. The zero-order valence-electron chi connectivity index (χ0n) is 17.4. The van der Waals surface area contributed by atoms with Crippen LogP contribution < -0.4 is 15.5 Å². The minimum atomic E-state index is -0.580. The molecule has 1 aliphatic heterocycles. The summed E-state index contributed by atoms with van der Waals surface area (Å²) in [6, 6.07) is 9.14. The summed E-state index contributed by atoms with van der Waals surface area (Å²) in [6.45, 7) is 5.65. The molecule has 1 fully saturated rings. The fraction of sp³-hybridized carbons (Fsp3) is 0.381. The van der Waals surface area contributed by atoms with Crippen molar-refractivity contribution >= 4 is 23.3 Å². The number of morpholine rings is 1. The number of anilines is 1. The van der Waals surface area contributed by atoms with Crippen LogP contribution >= 0.6 is 0 Å². The standard InChI is InChI=1S/C21H25N5O5/c1-14-12-25(13-15(2)31-14)19-7-6-16(9-22-19)10-23-20(27)11-24-21(28)17-4-3-5-18(8-17)26(29)30/h3-9,14-15H,10-13H2,1-2H3,(H,23,27)(H,24,28). The van der Waals surface area contributed by atoms with Gasteiger partial charge in [-0.15, -0.1) is 0 Å². The quantitative estimate of drug-likeness (QED) is 0.508. The van der Waals surface area contributed by atoms with Crippen molar-refractivity contribution in [1.82, 2.24) is 15.6 Å². The van der Waals surface area contributed by atoms with Gasteiger partial charge in [0.25, 0.3) is 11.6 Å². The lowest BCUT2D eigenvalue weighted by atomic mass is 10.2. The molecule has 164 valence electrons. The van der Waals surface area contributed by atoms with Crippen LogP contribution in [0.15, 0.2) is 42.6 Å². The average Bonchev–Trinajstić information content (AvgIpc) is 2.75. The Morgan fingerprint density at radius 2 is 1.94 bits per heavy atom. The Hall–Kier alpha value is -3.53. The highest BCUT2D eigenvalue weighted by Gasteiger charge is 2.23. The minimum Gasteiger partial charge on any atom is -0.372 e. The van der Waals surface area contributed by atoms with Crippen LogP contribution in [0.5, 0.6) is 0 Å². The molecular formula is C21H25N5O5. The molecule has 2 aromatic rings.